The van der Waals surface area contributed by atoms with Crippen molar-refractivity contribution in [3.8, 4) is 0 Å². The van der Waals surface area contributed by atoms with E-state index in [1.54, 1.807) is 0 Å². The summed E-state index contributed by atoms with van der Waals surface area (Å²) < 4.78 is 4.91. The molecule has 0 aromatic carbocycles. The Morgan fingerprint density at radius 3 is 2.61 bits per heavy atom. The number of nitrogens with two attached hydrogens (primary N) is 1. The lowest BCUT2D eigenvalue weighted by atomic mass is 9.92. The fraction of sp³-hybridized carbons (Fsp3) is 0.929. The molecule has 0 spiro atoms. The summed E-state index contributed by atoms with van der Waals surface area (Å²) in [5.41, 5.74) is 5.79. The van der Waals surface area contributed by atoms with Crippen LogP contribution in [0.2, 0.25) is 0 Å². The first kappa shape index (κ1) is 15.4. The number of likely N-dealkylation sites (tertiary alicyclic amines) is 1. The van der Waals surface area contributed by atoms with Gasteiger partial charge in [-0.05, 0) is 45.2 Å². The van der Waals surface area contributed by atoms with Crippen LogP contribution in [0.5, 0.6) is 0 Å². The highest BCUT2D eigenvalue weighted by atomic mass is 16.5. The Hall–Kier alpha value is -0.610. The summed E-state index contributed by atoms with van der Waals surface area (Å²) in [5.74, 6) is 0.642. The Labute approximate surface area is 111 Å². The van der Waals surface area contributed by atoms with Crippen molar-refractivity contribution >= 4 is 5.97 Å². The van der Waals surface area contributed by atoms with E-state index in [9.17, 15) is 4.79 Å². The van der Waals surface area contributed by atoms with Gasteiger partial charge in [-0.15, -0.1) is 0 Å². The van der Waals surface area contributed by atoms with Crippen molar-refractivity contribution in [1.29, 1.82) is 0 Å². The maximum Gasteiger partial charge on any atom is 0.322 e. The Balaban J connectivity index is 2.15. The Bertz CT molecular complexity index is 238. The van der Waals surface area contributed by atoms with Crippen molar-refractivity contribution in [2.24, 2.45) is 11.7 Å². The highest BCUT2D eigenvalue weighted by molar-refractivity contribution is 5.75. The smallest absolute Gasteiger partial charge is 0.322 e. The average Bonchev–Trinajstić information content (AvgIpc) is 2.38. The van der Waals surface area contributed by atoms with Crippen LogP contribution in [-0.4, -0.2) is 43.2 Å². The molecule has 1 aliphatic rings. The molecule has 4 heteroatoms. The second-order valence-electron chi connectivity index (χ2n) is 5.22. The zero-order valence-electron chi connectivity index (χ0n) is 11.9. The van der Waals surface area contributed by atoms with Gasteiger partial charge in [-0.1, -0.05) is 19.8 Å². The molecule has 0 aliphatic carbocycles. The molecular formula is C14H28N2O2. The van der Waals surface area contributed by atoms with Gasteiger partial charge in [-0.2, -0.15) is 0 Å². The Morgan fingerprint density at radius 1 is 1.39 bits per heavy atom. The predicted octanol–water partition coefficient (Wildman–Crippen LogP) is 1.78. The van der Waals surface area contributed by atoms with Crippen molar-refractivity contribution in [1.82, 2.24) is 4.90 Å². The largest absolute Gasteiger partial charge is 0.465 e. The fourth-order valence-electron chi connectivity index (χ4n) is 2.60. The standard InChI is InChI=1S/C14H28N2O2/c1-3-5-12-6-9-16(10-7-12)11-8-13(15)14(17)18-4-2/h12-13H,3-11,15H2,1-2H3. The van der Waals surface area contributed by atoms with Crippen LogP contribution < -0.4 is 5.73 Å². The summed E-state index contributed by atoms with van der Waals surface area (Å²) in [6.07, 6.45) is 5.94. The molecule has 1 rings (SSSR count). The van der Waals surface area contributed by atoms with Crippen molar-refractivity contribution in [3.63, 3.8) is 0 Å². The lowest BCUT2D eigenvalue weighted by Crippen LogP contribution is -2.39. The first-order chi connectivity index (χ1) is 8.67. The van der Waals surface area contributed by atoms with Gasteiger partial charge in [0.2, 0.25) is 0 Å². The van der Waals surface area contributed by atoms with Crippen LogP contribution in [0.1, 0.15) is 46.0 Å². The third-order valence-corrected chi connectivity index (χ3v) is 3.75. The summed E-state index contributed by atoms with van der Waals surface area (Å²) in [6, 6.07) is -0.460. The number of piperidine rings is 1. The number of hydrogen-bond donors (Lipinski definition) is 1. The number of hydrogen-bond acceptors (Lipinski definition) is 4. The molecule has 1 saturated heterocycles. The topological polar surface area (TPSA) is 55.6 Å². The molecule has 0 amide bonds. The Morgan fingerprint density at radius 2 is 2.06 bits per heavy atom. The second-order valence-corrected chi connectivity index (χ2v) is 5.22. The van der Waals surface area contributed by atoms with Crippen molar-refractivity contribution in [3.05, 3.63) is 0 Å². The maximum atomic E-state index is 11.4. The van der Waals surface area contributed by atoms with E-state index in [2.05, 4.69) is 11.8 Å². The summed E-state index contributed by atoms with van der Waals surface area (Å²) in [6.45, 7) is 7.70. The minimum atomic E-state index is -0.460. The molecule has 1 fully saturated rings. The molecular weight excluding hydrogens is 228 g/mol. The molecule has 1 heterocycles. The van der Waals surface area contributed by atoms with Crippen LogP contribution in [0.3, 0.4) is 0 Å². The van der Waals surface area contributed by atoms with Gasteiger partial charge in [0.25, 0.3) is 0 Å². The first-order valence-electron chi connectivity index (χ1n) is 7.31. The van der Waals surface area contributed by atoms with Gasteiger partial charge in [0.15, 0.2) is 0 Å². The molecule has 0 bridgehead atoms. The molecule has 1 atom stereocenters. The van der Waals surface area contributed by atoms with E-state index >= 15 is 0 Å². The number of carbonyl (C=O) groups is 1. The van der Waals surface area contributed by atoms with Crippen molar-refractivity contribution < 1.29 is 9.53 Å². The average molecular weight is 256 g/mol. The van der Waals surface area contributed by atoms with E-state index < -0.39 is 6.04 Å². The zero-order valence-corrected chi connectivity index (χ0v) is 11.9. The van der Waals surface area contributed by atoms with Crippen LogP contribution >= 0.6 is 0 Å². The quantitative estimate of drug-likeness (QED) is 0.705. The zero-order chi connectivity index (χ0) is 13.4. The van der Waals surface area contributed by atoms with Gasteiger partial charge in [0.05, 0.1) is 6.61 Å². The van der Waals surface area contributed by atoms with Gasteiger partial charge in [0, 0.05) is 6.54 Å². The number of nitrogens with zero attached hydrogens (tertiary/aromatic N) is 1. The molecule has 0 aromatic heterocycles. The van der Waals surface area contributed by atoms with Gasteiger partial charge in [0.1, 0.15) is 6.04 Å². The highest BCUT2D eigenvalue weighted by Gasteiger charge is 2.20. The SMILES string of the molecule is CCCC1CCN(CCC(N)C(=O)OCC)CC1. The van der Waals surface area contributed by atoms with E-state index in [-0.39, 0.29) is 5.97 Å². The van der Waals surface area contributed by atoms with Crippen LogP contribution in [0, 0.1) is 5.92 Å². The van der Waals surface area contributed by atoms with E-state index in [0.717, 1.165) is 25.6 Å². The number of carbonyl (C=O) groups excluding carboxylic acids is 1. The van der Waals surface area contributed by atoms with Crippen molar-refractivity contribution in [2.45, 2.75) is 52.0 Å². The van der Waals surface area contributed by atoms with Crippen LogP contribution in [0.25, 0.3) is 0 Å². The van der Waals surface area contributed by atoms with Gasteiger partial charge in [-0.25, -0.2) is 0 Å². The molecule has 106 valence electrons. The van der Waals surface area contributed by atoms with E-state index in [0.29, 0.717) is 13.0 Å². The maximum absolute atomic E-state index is 11.4. The molecule has 1 unspecified atom stereocenters. The van der Waals surface area contributed by atoms with E-state index in [1.165, 1.54) is 25.7 Å². The van der Waals surface area contributed by atoms with Gasteiger partial charge >= 0.3 is 5.97 Å². The minimum absolute atomic E-state index is 0.265. The monoisotopic (exact) mass is 256 g/mol. The third kappa shape index (κ3) is 5.36. The summed E-state index contributed by atoms with van der Waals surface area (Å²) in [7, 11) is 0. The molecule has 4 nitrogen and oxygen atoms in total. The molecule has 0 saturated carbocycles. The molecule has 1 aliphatic heterocycles. The molecule has 0 radical (unpaired) electrons. The predicted molar refractivity (Wildman–Crippen MR) is 73.3 cm³/mol. The second kappa shape index (κ2) is 8.48. The van der Waals surface area contributed by atoms with Gasteiger partial charge < -0.3 is 15.4 Å². The summed E-state index contributed by atoms with van der Waals surface area (Å²) in [4.78, 5) is 13.8. The minimum Gasteiger partial charge on any atom is -0.465 e. The Kier molecular flexibility index (Phi) is 7.28. The van der Waals surface area contributed by atoms with Crippen molar-refractivity contribution in [2.75, 3.05) is 26.2 Å². The normalized spacial score (nSPS) is 19.7. The third-order valence-electron chi connectivity index (χ3n) is 3.75. The summed E-state index contributed by atoms with van der Waals surface area (Å²) in [5, 5.41) is 0. The van der Waals surface area contributed by atoms with Gasteiger partial charge in [-0.3, -0.25) is 4.79 Å². The summed E-state index contributed by atoms with van der Waals surface area (Å²) >= 11 is 0. The number of ether oxygens (including phenoxy) is 1. The highest BCUT2D eigenvalue weighted by Crippen LogP contribution is 2.21. The van der Waals surface area contributed by atoms with Crippen LogP contribution in [0.4, 0.5) is 0 Å². The van der Waals surface area contributed by atoms with E-state index in [1.807, 2.05) is 6.92 Å². The molecule has 18 heavy (non-hydrogen) atoms. The fourth-order valence-corrected chi connectivity index (χ4v) is 2.60. The number of esters is 1. The lowest BCUT2D eigenvalue weighted by molar-refractivity contribution is -0.144. The van der Waals surface area contributed by atoms with Crippen LogP contribution in [0.15, 0.2) is 0 Å². The molecule has 0 aromatic rings. The lowest BCUT2D eigenvalue weighted by Gasteiger charge is -2.32. The first-order valence-corrected chi connectivity index (χ1v) is 7.31. The van der Waals surface area contributed by atoms with Crippen LogP contribution in [-0.2, 0) is 9.53 Å². The van der Waals surface area contributed by atoms with E-state index in [4.69, 9.17) is 10.5 Å². The molecule has 2 N–H and O–H groups in total. The number of rotatable bonds is 7.